The van der Waals surface area contributed by atoms with Crippen LogP contribution in [0.1, 0.15) is 11.1 Å². The van der Waals surface area contributed by atoms with Gasteiger partial charge in [-0.05, 0) is 36.2 Å². The molecule has 24 heavy (non-hydrogen) atoms. The summed E-state index contributed by atoms with van der Waals surface area (Å²) in [5, 5.41) is 7.22. The molecule has 0 saturated heterocycles. The van der Waals surface area contributed by atoms with E-state index in [1.807, 2.05) is 47.3 Å². The standard InChI is InChI=1S/C19H16ClN3O/c1-12-4-3-5-16-17(12)15-11-23(22-18(15)19(20)21-16)10-13-6-8-14(24-2)9-7-13/h3-9,11H,10H2,1-2H3. The highest BCUT2D eigenvalue weighted by molar-refractivity contribution is 6.35. The summed E-state index contributed by atoms with van der Waals surface area (Å²) in [6.45, 7) is 2.75. The van der Waals surface area contributed by atoms with Crippen molar-refractivity contribution in [2.45, 2.75) is 13.5 Å². The molecule has 0 amide bonds. The summed E-state index contributed by atoms with van der Waals surface area (Å²) in [7, 11) is 1.66. The number of methoxy groups -OCH3 is 1. The van der Waals surface area contributed by atoms with E-state index in [1.54, 1.807) is 7.11 Å². The van der Waals surface area contributed by atoms with Gasteiger partial charge in [-0.15, -0.1) is 0 Å². The molecule has 2 heterocycles. The van der Waals surface area contributed by atoms with E-state index in [1.165, 1.54) is 5.56 Å². The lowest BCUT2D eigenvalue weighted by atomic mass is 10.1. The zero-order valence-electron chi connectivity index (χ0n) is 13.5. The fourth-order valence-electron chi connectivity index (χ4n) is 3.01. The molecule has 0 aliphatic rings. The minimum absolute atomic E-state index is 0.441. The number of rotatable bonds is 3. The fourth-order valence-corrected chi connectivity index (χ4v) is 3.24. The van der Waals surface area contributed by atoms with Gasteiger partial charge in [-0.25, -0.2) is 4.98 Å². The number of benzene rings is 2. The van der Waals surface area contributed by atoms with E-state index >= 15 is 0 Å². The average molecular weight is 338 g/mol. The van der Waals surface area contributed by atoms with Crippen molar-refractivity contribution in [1.29, 1.82) is 0 Å². The molecule has 0 radical (unpaired) electrons. The molecule has 2 aromatic carbocycles. The van der Waals surface area contributed by atoms with Crippen molar-refractivity contribution >= 4 is 33.4 Å². The molecule has 5 heteroatoms. The quantitative estimate of drug-likeness (QED) is 0.513. The highest BCUT2D eigenvalue weighted by atomic mass is 35.5. The highest BCUT2D eigenvalue weighted by Crippen LogP contribution is 2.30. The largest absolute Gasteiger partial charge is 0.497 e. The van der Waals surface area contributed by atoms with Crippen LogP contribution in [0.25, 0.3) is 21.8 Å². The van der Waals surface area contributed by atoms with E-state index in [4.69, 9.17) is 16.3 Å². The van der Waals surface area contributed by atoms with Gasteiger partial charge in [-0.2, -0.15) is 5.10 Å². The summed E-state index contributed by atoms with van der Waals surface area (Å²) in [5.74, 6) is 0.846. The van der Waals surface area contributed by atoms with Crippen LogP contribution in [0.2, 0.25) is 5.15 Å². The van der Waals surface area contributed by atoms with Gasteiger partial charge in [0.15, 0.2) is 5.15 Å². The molecular formula is C19H16ClN3O. The topological polar surface area (TPSA) is 39.9 Å². The number of aryl methyl sites for hydroxylation is 1. The van der Waals surface area contributed by atoms with Crippen LogP contribution in [0.3, 0.4) is 0 Å². The first-order chi connectivity index (χ1) is 11.7. The number of hydrogen-bond acceptors (Lipinski definition) is 3. The van der Waals surface area contributed by atoms with Crippen LogP contribution < -0.4 is 4.74 Å². The van der Waals surface area contributed by atoms with Gasteiger partial charge >= 0.3 is 0 Å². The minimum atomic E-state index is 0.441. The van der Waals surface area contributed by atoms with Crippen LogP contribution in [0.5, 0.6) is 5.75 Å². The van der Waals surface area contributed by atoms with Crippen molar-refractivity contribution in [1.82, 2.24) is 14.8 Å². The predicted molar refractivity (Wildman–Crippen MR) is 96.9 cm³/mol. The van der Waals surface area contributed by atoms with Crippen molar-refractivity contribution in [2.24, 2.45) is 0 Å². The first kappa shape index (κ1) is 15.0. The van der Waals surface area contributed by atoms with E-state index in [9.17, 15) is 0 Å². The SMILES string of the molecule is COc1ccc(Cn2cc3c(n2)c(Cl)nc2cccc(C)c23)cc1. The third-order valence-electron chi connectivity index (χ3n) is 4.20. The van der Waals surface area contributed by atoms with Crippen LogP contribution in [-0.2, 0) is 6.54 Å². The maximum absolute atomic E-state index is 6.34. The van der Waals surface area contributed by atoms with Crippen LogP contribution in [0, 0.1) is 6.92 Å². The molecule has 0 fully saturated rings. The van der Waals surface area contributed by atoms with E-state index in [0.29, 0.717) is 11.7 Å². The van der Waals surface area contributed by atoms with Crippen molar-refractivity contribution in [3.05, 3.63) is 64.9 Å². The molecule has 4 aromatic rings. The third-order valence-corrected chi connectivity index (χ3v) is 4.46. The molecule has 0 aliphatic carbocycles. The molecule has 4 nitrogen and oxygen atoms in total. The minimum Gasteiger partial charge on any atom is -0.497 e. The van der Waals surface area contributed by atoms with Crippen molar-refractivity contribution in [3.63, 3.8) is 0 Å². The van der Waals surface area contributed by atoms with Gasteiger partial charge in [0.05, 0.1) is 19.2 Å². The average Bonchev–Trinajstić information content (AvgIpc) is 3.00. The molecule has 0 spiro atoms. The zero-order valence-corrected chi connectivity index (χ0v) is 14.2. The van der Waals surface area contributed by atoms with Crippen LogP contribution in [-0.4, -0.2) is 21.9 Å². The van der Waals surface area contributed by atoms with E-state index in [2.05, 4.69) is 23.1 Å². The molecule has 0 aliphatic heterocycles. The Balaban J connectivity index is 1.82. The van der Waals surface area contributed by atoms with Crippen molar-refractivity contribution in [3.8, 4) is 5.75 Å². The number of hydrogen-bond donors (Lipinski definition) is 0. The molecule has 2 aromatic heterocycles. The van der Waals surface area contributed by atoms with Gasteiger partial charge in [0, 0.05) is 17.0 Å². The smallest absolute Gasteiger partial charge is 0.157 e. The maximum atomic E-state index is 6.34. The molecule has 0 bridgehead atoms. The lowest BCUT2D eigenvalue weighted by Crippen LogP contribution is -1.99. The second kappa shape index (κ2) is 5.80. The van der Waals surface area contributed by atoms with Crippen molar-refractivity contribution < 1.29 is 4.74 Å². The number of halogens is 1. The first-order valence-electron chi connectivity index (χ1n) is 7.70. The Morgan fingerprint density at radius 1 is 1.12 bits per heavy atom. The number of fused-ring (bicyclic) bond motifs is 3. The van der Waals surface area contributed by atoms with E-state index in [0.717, 1.165) is 33.1 Å². The Labute approximate surface area is 144 Å². The summed E-state index contributed by atoms with van der Waals surface area (Å²) in [4.78, 5) is 4.48. The lowest BCUT2D eigenvalue weighted by Gasteiger charge is -2.03. The van der Waals surface area contributed by atoms with Gasteiger partial charge in [-0.1, -0.05) is 35.9 Å². The second-order valence-corrected chi connectivity index (χ2v) is 6.17. The fraction of sp³-hybridized carbons (Fsp3) is 0.158. The number of nitrogens with zero attached hydrogens (tertiary/aromatic N) is 3. The molecule has 0 saturated carbocycles. The molecule has 0 N–H and O–H groups in total. The summed E-state index contributed by atoms with van der Waals surface area (Å²) in [5.41, 5.74) is 3.96. The Hall–Kier alpha value is -2.59. The van der Waals surface area contributed by atoms with Crippen molar-refractivity contribution in [2.75, 3.05) is 7.11 Å². The molecular weight excluding hydrogens is 322 g/mol. The van der Waals surface area contributed by atoms with Gasteiger partial charge in [0.1, 0.15) is 11.3 Å². The van der Waals surface area contributed by atoms with E-state index in [-0.39, 0.29) is 0 Å². The zero-order chi connectivity index (χ0) is 16.7. The maximum Gasteiger partial charge on any atom is 0.157 e. The summed E-state index contributed by atoms with van der Waals surface area (Å²) in [6, 6.07) is 14.0. The number of aromatic nitrogens is 3. The highest BCUT2D eigenvalue weighted by Gasteiger charge is 2.13. The normalized spacial score (nSPS) is 11.3. The molecule has 120 valence electrons. The van der Waals surface area contributed by atoms with Crippen LogP contribution in [0.15, 0.2) is 48.7 Å². The van der Waals surface area contributed by atoms with Gasteiger partial charge in [-0.3, -0.25) is 4.68 Å². The Morgan fingerprint density at radius 3 is 2.67 bits per heavy atom. The molecule has 0 unspecified atom stereocenters. The van der Waals surface area contributed by atoms with E-state index < -0.39 is 0 Å². The monoisotopic (exact) mass is 337 g/mol. The molecule has 0 atom stereocenters. The Kier molecular flexibility index (Phi) is 3.62. The summed E-state index contributed by atoms with van der Waals surface area (Å²) in [6.07, 6.45) is 2.04. The molecule has 4 rings (SSSR count). The van der Waals surface area contributed by atoms with Gasteiger partial charge < -0.3 is 4.74 Å². The summed E-state index contributed by atoms with van der Waals surface area (Å²) >= 11 is 6.34. The first-order valence-corrected chi connectivity index (χ1v) is 8.08. The van der Waals surface area contributed by atoms with Crippen LogP contribution >= 0.6 is 11.6 Å². The number of ether oxygens (including phenoxy) is 1. The number of pyridine rings is 1. The predicted octanol–water partition coefficient (Wildman–Crippen LogP) is 4.60. The second-order valence-electron chi connectivity index (χ2n) is 5.81. The Bertz CT molecular complexity index is 1040. The lowest BCUT2D eigenvalue weighted by molar-refractivity contribution is 0.414. The van der Waals surface area contributed by atoms with Crippen LogP contribution in [0.4, 0.5) is 0 Å². The van der Waals surface area contributed by atoms with Gasteiger partial charge in [0.25, 0.3) is 0 Å². The third kappa shape index (κ3) is 2.49. The Morgan fingerprint density at radius 2 is 1.92 bits per heavy atom. The van der Waals surface area contributed by atoms with Gasteiger partial charge in [0.2, 0.25) is 0 Å². The summed E-state index contributed by atoms with van der Waals surface area (Å²) < 4.78 is 7.11.